The lowest BCUT2D eigenvalue weighted by molar-refractivity contribution is 0.588. The lowest BCUT2D eigenvalue weighted by atomic mass is 9.76. The Morgan fingerprint density at radius 1 is 0.507 bits per heavy atom. The number of hydrogen-bond acceptors (Lipinski definition) is 3. The van der Waals surface area contributed by atoms with Crippen molar-refractivity contribution in [2.45, 2.75) is 59.3 Å². The average molecular weight is 879 g/mol. The zero-order valence-electron chi connectivity index (χ0n) is 48.8. The van der Waals surface area contributed by atoms with Gasteiger partial charge in [0.2, 0.25) is 0 Å². The van der Waals surface area contributed by atoms with Crippen LogP contribution < -0.4 is 9.80 Å². The molecule has 4 heteroatoms. The molecule has 2 aromatic heterocycles. The van der Waals surface area contributed by atoms with Crippen LogP contribution in [0, 0.1) is 13.8 Å². The predicted molar refractivity (Wildman–Crippen MR) is 284 cm³/mol. The van der Waals surface area contributed by atoms with Gasteiger partial charge in [0, 0.05) is 39.2 Å². The van der Waals surface area contributed by atoms with Gasteiger partial charge in [-0.1, -0.05) is 180 Å². The van der Waals surface area contributed by atoms with Crippen molar-refractivity contribution in [1.29, 1.82) is 0 Å². The maximum atomic E-state index is 9.20. The smallest absolute Gasteiger partial charge is 0.137 e. The first kappa shape index (κ1) is 32.1. The van der Waals surface area contributed by atoms with Crippen LogP contribution in [-0.4, -0.2) is 16.2 Å². The molecule has 67 heavy (non-hydrogen) atoms. The zero-order chi connectivity index (χ0) is 54.7. The van der Waals surface area contributed by atoms with Crippen LogP contribution in [0.4, 0.5) is 22.7 Å². The van der Waals surface area contributed by atoms with Crippen LogP contribution in [0.25, 0.3) is 61.0 Å². The molecule has 0 saturated heterocycles. The molecule has 328 valence electrons. The Kier molecular flexibility index (Phi) is 7.81. The Morgan fingerprint density at radius 3 is 1.79 bits per heavy atom. The van der Waals surface area contributed by atoms with Gasteiger partial charge >= 0.3 is 0 Å². The summed E-state index contributed by atoms with van der Waals surface area (Å²) in [6.45, 7) is 15.5. The molecule has 0 bridgehead atoms. The van der Waals surface area contributed by atoms with Crippen molar-refractivity contribution in [3.63, 3.8) is 0 Å². The topological polar surface area (TPSA) is 24.3 Å². The fraction of sp³-hybridized carbons (Fsp3) is 0.159. The largest absolute Gasteiger partial charge is 0.321 e. The summed E-state index contributed by atoms with van der Waals surface area (Å²) < 4.78 is 90.9. The summed E-state index contributed by atoms with van der Waals surface area (Å²) in [5, 5.41) is 2.25. The first-order valence-electron chi connectivity index (χ1n) is 27.7. The minimum atomic E-state index is -0.599. The van der Waals surface area contributed by atoms with Gasteiger partial charge in [-0.2, -0.15) is 0 Å². The van der Waals surface area contributed by atoms with Crippen molar-refractivity contribution in [1.82, 2.24) is 9.55 Å². The highest BCUT2D eigenvalue weighted by molar-refractivity contribution is 6.09. The molecular weight excluding hydrogens is 813 g/mol. The minimum absolute atomic E-state index is 0.0779. The van der Waals surface area contributed by atoms with Gasteiger partial charge in [0.25, 0.3) is 0 Å². The predicted octanol–water partition coefficient (Wildman–Crippen LogP) is 16.7. The molecule has 0 atom stereocenters. The number of anilines is 4. The fourth-order valence-electron chi connectivity index (χ4n) is 9.96. The number of aromatic nitrogens is 2. The lowest BCUT2D eigenvalue weighted by Gasteiger charge is -2.31. The van der Waals surface area contributed by atoms with Gasteiger partial charge in [0.15, 0.2) is 0 Å². The molecule has 0 aliphatic carbocycles. The third-order valence-electron chi connectivity index (χ3n) is 13.5. The van der Waals surface area contributed by atoms with E-state index in [9.17, 15) is 5.48 Å². The molecule has 0 radical (unpaired) electrons. The van der Waals surface area contributed by atoms with Crippen LogP contribution in [0.5, 0.6) is 0 Å². The number of pyridine rings is 1. The summed E-state index contributed by atoms with van der Waals surface area (Å²) in [5.74, 6) is 0.845. The minimum Gasteiger partial charge on any atom is -0.321 e. The second-order valence-electron chi connectivity index (χ2n) is 19.1. The third-order valence-corrected chi connectivity index (χ3v) is 13.5. The molecular formula is C63H56N4. The van der Waals surface area contributed by atoms with E-state index in [-0.39, 0.29) is 34.3 Å². The monoisotopic (exact) mass is 879 g/mol. The Hall–Kier alpha value is -7.69. The molecule has 0 fully saturated rings. The molecule has 3 heterocycles. The highest BCUT2D eigenvalue weighted by Crippen LogP contribution is 2.51. The van der Waals surface area contributed by atoms with Gasteiger partial charge in [-0.05, 0) is 118 Å². The summed E-state index contributed by atoms with van der Waals surface area (Å²) in [6, 6.07) is 40.4. The van der Waals surface area contributed by atoms with Crippen LogP contribution in [0.1, 0.15) is 76.1 Å². The number of fused-ring (bicyclic) bond motifs is 4. The van der Waals surface area contributed by atoms with Gasteiger partial charge in [-0.25, -0.2) is 4.98 Å². The number of aryl methyl sites for hydroxylation is 2. The van der Waals surface area contributed by atoms with Crippen LogP contribution in [-0.2, 0) is 10.8 Å². The highest BCUT2D eigenvalue weighted by Gasteiger charge is 2.33. The van der Waals surface area contributed by atoms with Crippen LogP contribution in [0.15, 0.2) is 200 Å². The van der Waals surface area contributed by atoms with E-state index in [1.165, 1.54) is 5.56 Å². The first-order chi connectivity index (χ1) is 36.6. The molecule has 8 aromatic carbocycles. The van der Waals surface area contributed by atoms with Crippen LogP contribution >= 0.6 is 0 Å². The molecule has 0 unspecified atom stereocenters. The standard InChI is InChI=1S/C63H56N4/c1-42-20-18-21-43(2)60(42)46-36-49(63(6,7)48-32-33-54-53-26-14-15-29-55(53)67(58(54)39-48)59-40-47(34-35-64-59)62(3,4)5)38-50(37-46)65-41-66(57-31-17-16-30-56(57)65)61-51(44-22-10-8-11-23-44)27-19-28-52(61)45-24-12-9-13-25-45/h8-40H,41H2,1-7H3/i8D,9D,10D,11D,12D,13D,22D,23D,24D,25D. The summed E-state index contributed by atoms with van der Waals surface area (Å²) in [7, 11) is 0. The van der Waals surface area contributed by atoms with E-state index in [2.05, 4.69) is 149 Å². The van der Waals surface area contributed by atoms with Crippen molar-refractivity contribution in [3.05, 3.63) is 228 Å². The second kappa shape index (κ2) is 16.3. The van der Waals surface area contributed by atoms with E-state index in [1.807, 2.05) is 35.4 Å². The Morgan fingerprint density at radius 2 is 1.12 bits per heavy atom. The molecule has 0 saturated carbocycles. The zero-order valence-corrected chi connectivity index (χ0v) is 38.8. The first-order valence-corrected chi connectivity index (χ1v) is 22.7. The lowest BCUT2D eigenvalue weighted by Crippen LogP contribution is -2.26. The van der Waals surface area contributed by atoms with Crippen molar-refractivity contribution < 1.29 is 13.7 Å². The van der Waals surface area contributed by atoms with Crippen LogP contribution in [0.3, 0.4) is 0 Å². The normalized spacial score (nSPS) is 15.0. The van der Waals surface area contributed by atoms with E-state index in [0.29, 0.717) is 11.4 Å². The number of nitrogens with zero attached hydrogens (tertiary/aromatic N) is 4. The highest BCUT2D eigenvalue weighted by atomic mass is 15.4. The molecule has 1 aliphatic heterocycles. The van der Waals surface area contributed by atoms with E-state index < -0.39 is 65.8 Å². The molecule has 11 rings (SSSR count). The van der Waals surface area contributed by atoms with Gasteiger partial charge in [-0.3, -0.25) is 4.57 Å². The molecule has 4 nitrogen and oxygen atoms in total. The van der Waals surface area contributed by atoms with E-state index >= 15 is 0 Å². The van der Waals surface area contributed by atoms with Crippen molar-refractivity contribution >= 4 is 44.6 Å². The van der Waals surface area contributed by atoms with Crippen molar-refractivity contribution in [2.75, 3.05) is 16.5 Å². The van der Waals surface area contributed by atoms with Crippen LogP contribution in [0.2, 0.25) is 0 Å². The molecule has 0 N–H and O–H groups in total. The molecule has 0 amide bonds. The summed E-state index contributed by atoms with van der Waals surface area (Å²) in [4.78, 5) is 9.11. The van der Waals surface area contributed by atoms with Gasteiger partial charge < -0.3 is 9.80 Å². The Balaban J connectivity index is 1.14. The Labute approximate surface area is 409 Å². The Bertz CT molecular complexity index is 3930. The number of rotatable bonds is 8. The number of benzene rings is 8. The fourth-order valence-corrected chi connectivity index (χ4v) is 9.96. The third kappa shape index (κ3) is 7.28. The number of para-hydroxylation sites is 4. The maximum absolute atomic E-state index is 9.20. The summed E-state index contributed by atoms with van der Waals surface area (Å²) >= 11 is 0. The quantitative estimate of drug-likeness (QED) is 0.152. The molecule has 0 spiro atoms. The van der Waals surface area contributed by atoms with Gasteiger partial charge in [-0.15, -0.1) is 0 Å². The van der Waals surface area contributed by atoms with Crippen molar-refractivity contribution in [3.8, 4) is 39.2 Å². The maximum Gasteiger partial charge on any atom is 0.137 e. The molecule has 10 aromatic rings. The van der Waals surface area contributed by atoms with E-state index in [4.69, 9.17) is 13.2 Å². The SMILES string of the molecule is [2H]c1c([2H])c([2H])c(-c2cccc(-c3c([2H])c([2H])c([2H])c([2H])c3[2H])c2N2CN(c3cc(-c4c(C)cccc4C)cc(C(C)(C)c4ccc5c6ccccc6n(-c6cc(C(C)(C)C)ccn6)c5c4)c3)c3ccccc32)c([2H])c1[2H]. The summed E-state index contributed by atoms with van der Waals surface area (Å²) in [6.07, 6.45) is 1.90. The van der Waals surface area contributed by atoms with E-state index in [0.717, 1.165) is 72.4 Å². The van der Waals surface area contributed by atoms with Crippen molar-refractivity contribution in [2.24, 2.45) is 0 Å². The second-order valence-corrected chi connectivity index (χ2v) is 19.1. The van der Waals surface area contributed by atoms with Gasteiger partial charge in [0.1, 0.15) is 12.5 Å². The summed E-state index contributed by atoms with van der Waals surface area (Å²) in [5.41, 5.74) is 12.1. The molecule has 1 aliphatic rings. The average Bonchev–Trinajstić information content (AvgIpc) is 3.98. The van der Waals surface area contributed by atoms with E-state index in [1.54, 1.807) is 18.2 Å². The van der Waals surface area contributed by atoms with Gasteiger partial charge in [0.05, 0.1) is 41.8 Å². The number of hydrogen-bond donors (Lipinski definition) is 0.